The van der Waals surface area contributed by atoms with Gasteiger partial charge < -0.3 is 4.74 Å². The van der Waals surface area contributed by atoms with Crippen LogP contribution in [0.2, 0.25) is 0 Å². The monoisotopic (exact) mass is 327 g/mol. The number of pyridine rings is 1. The van der Waals surface area contributed by atoms with Gasteiger partial charge in [-0.2, -0.15) is 0 Å². The number of nitrogens with one attached hydrogen (secondary N) is 2. The fourth-order valence-corrected chi connectivity index (χ4v) is 2.08. The Morgan fingerprint density at radius 1 is 1.04 bits per heavy atom. The Balaban J connectivity index is 1.87. The van der Waals surface area contributed by atoms with Gasteiger partial charge in [0.25, 0.3) is 11.8 Å². The normalized spacial score (nSPS) is 10.8. The van der Waals surface area contributed by atoms with Crippen molar-refractivity contribution in [2.45, 2.75) is 26.2 Å². The van der Waals surface area contributed by atoms with E-state index in [0.29, 0.717) is 5.75 Å². The number of carbonyl (C=O) groups is 2. The van der Waals surface area contributed by atoms with Crippen molar-refractivity contribution in [3.8, 4) is 5.75 Å². The zero-order valence-corrected chi connectivity index (χ0v) is 14.0. The average Bonchev–Trinajstić information content (AvgIpc) is 2.58. The third kappa shape index (κ3) is 4.81. The smallest absolute Gasteiger partial charge is 0.288 e. The summed E-state index contributed by atoms with van der Waals surface area (Å²) in [6.07, 6.45) is 1.50. The zero-order valence-electron chi connectivity index (χ0n) is 14.0. The van der Waals surface area contributed by atoms with Crippen molar-refractivity contribution in [2.24, 2.45) is 0 Å². The first-order chi connectivity index (χ1) is 11.4. The van der Waals surface area contributed by atoms with Crippen LogP contribution in [0, 0.1) is 0 Å². The average molecular weight is 327 g/mol. The number of hydrogen-bond acceptors (Lipinski definition) is 4. The first-order valence-corrected chi connectivity index (χ1v) is 7.60. The number of ether oxygens (including phenoxy) is 1. The van der Waals surface area contributed by atoms with Crippen LogP contribution in [0.15, 0.2) is 48.7 Å². The molecule has 0 radical (unpaired) electrons. The molecule has 0 fully saturated rings. The first-order valence-electron chi connectivity index (χ1n) is 7.60. The van der Waals surface area contributed by atoms with Crippen LogP contribution in [0.5, 0.6) is 5.75 Å². The van der Waals surface area contributed by atoms with Gasteiger partial charge in [-0.05, 0) is 29.2 Å². The molecule has 1 aromatic carbocycles. The summed E-state index contributed by atoms with van der Waals surface area (Å²) < 4.78 is 5.58. The molecule has 2 rings (SSSR count). The highest BCUT2D eigenvalue weighted by Crippen LogP contribution is 2.30. The Morgan fingerprint density at radius 3 is 2.42 bits per heavy atom. The van der Waals surface area contributed by atoms with E-state index in [9.17, 15) is 9.59 Å². The Hall–Kier alpha value is -2.89. The number of carbonyl (C=O) groups excluding carboxylic acids is 2. The summed E-state index contributed by atoms with van der Waals surface area (Å²) >= 11 is 0. The highest BCUT2D eigenvalue weighted by Gasteiger charge is 2.19. The molecule has 126 valence electrons. The lowest BCUT2D eigenvalue weighted by molar-refractivity contribution is -0.123. The van der Waals surface area contributed by atoms with Crippen molar-refractivity contribution >= 4 is 11.8 Å². The molecule has 2 N–H and O–H groups in total. The minimum atomic E-state index is -0.487. The van der Waals surface area contributed by atoms with Crippen LogP contribution in [-0.2, 0) is 10.2 Å². The third-order valence-electron chi connectivity index (χ3n) is 3.27. The maximum absolute atomic E-state index is 11.8. The quantitative estimate of drug-likeness (QED) is 0.844. The van der Waals surface area contributed by atoms with Crippen LogP contribution in [0.1, 0.15) is 36.8 Å². The van der Waals surface area contributed by atoms with Crippen molar-refractivity contribution in [3.63, 3.8) is 0 Å². The molecular formula is C18H21N3O3. The molecule has 2 amide bonds. The molecule has 0 bridgehead atoms. The topological polar surface area (TPSA) is 80.3 Å². The van der Waals surface area contributed by atoms with E-state index in [0.717, 1.165) is 5.56 Å². The number of nitrogens with zero attached hydrogens (tertiary/aromatic N) is 1. The number of para-hydroxylation sites is 1. The largest absolute Gasteiger partial charge is 0.483 e. The molecule has 0 saturated heterocycles. The van der Waals surface area contributed by atoms with E-state index in [1.807, 2.05) is 24.3 Å². The molecule has 1 heterocycles. The minimum absolute atomic E-state index is 0.0970. The number of benzene rings is 1. The molecule has 0 aliphatic heterocycles. The fraction of sp³-hybridized carbons (Fsp3) is 0.278. The molecule has 6 heteroatoms. The van der Waals surface area contributed by atoms with Gasteiger partial charge in [-0.15, -0.1) is 0 Å². The number of amides is 2. The Kier molecular flexibility index (Phi) is 5.52. The van der Waals surface area contributed by atoms with Crippen LogP contribution in [0.25, 0.3) is 0 Å². The Labute approximate surface area is 141 Å². The summed E-state index contributed by atoms with van der Waals surface area (Å²) in [5, 5.41) is 0. The summed E-state index contributed by atoms with van der Waals surface area (Å²) in [5.41, 5.74) is 5.74. The predicted octanol–water partition coefficient (Wildman–Crippen LogP) is 2.22. The molecular weight excluding hydrogens is 306 g/mol. The minimum Gasteiger partial charge on any atom is -0.483 e. The van der Waals surface area contributed by atoms with Crippen molar-refractivity contribution in [1.82, 2.24) is 15.8 Å². The van der Waals surface area contributed by atoms with Crippen LogP contribution in [0.3, 0.4) is 0 Å². The van der Waals surface area contributed by atoms with E-state index in [1.165, 1.54) is 6.20 Å². The van der Waals surface area contributed by atoms with E-state index in [1.54, 1.807) is 18.2 Å². The summed E-state index contributed by atoms with van der Waals surface area (Å²) in [7, 11) is 0. The van der Waals surface area contributed by atoms with Crippen LogP contribution < -0.4 is 15.6 Å². The van der Waals surface area contributed by atoms with Gasteiger partial charge in [0, 0.05) is 6.20 Å². The van der Waals surface area contributed by atoms with Crippen molar-refractivity contribution in [1.29, 1.82) is 0 Å². The number of aromatic nitrogens is 1. The van der Waals surface area contributed by atoms with Gasteiger partial charge in [0.05, 0.1) is 0 Å². The van der Waals surface area contributed by atoms with E-state index in [4.69, 9.17) is 4.74 Å². The number of hydrazine groups is 1. The molecule has 0 atom stereocenters. The Bertz CT molecular complexity index is 709. The number of hydrogen-bond donors (Lipinski definition) is 2. The first kappa shape index (κ1) is 17.5. The molecule has 0 saturated carbocycles. The second kappa shape index (κ2) is 7.59. The second-order valence-electron chi connectivity index (χ2n) is 6.25. The van der Waals surface area contributed by atoms with Gasteiger partial charge in [-0.3, -0.25) is 25.4 Å². The van der Waals surface area contributed by atoms with Gasteiger partial charge in [0.2, 0.25) is 0 Å². The summed E-state index contributed by atoms with van der Waals surface area (Å²) in [6.45, 7) is 6.02. The third-order valence-corrected chi connectivity index (χ3v) is 3.27. The fourth-order valence-electron chi connectivity index (χ4n) is 2.08. The molecule has 2 aromatic rings. The number of rotatable bonds is 4. The van der Waals surface area contributed by atoms with Crippen molar-refractivity contribution in [2.75, 3.05) is 6.61 Å². The van der Waals surface area contributed by atoms with Gasteiger partial charge in [-0.25, -0.2) is 0 Å². The van der Waals surface area contributed by atoms with Crippen LogP contribution >= 0.6 is 0 Å². The van der Waals surface area contributed by atoms with E-state index >= 15 is 0 Å². The molecule has 0 aliphatic rings. The lowest BCUT2D eigenvalue weighted by Crippen LogP contribution is -2.44. The van der Waals surface area contributed by atoms with Crippen LogP contribution in [-0.4, -0.2) is 23.4 Å². The van der Waals surface area contributed by atoms with Crippen molar-refractivity contribution in [3.05, 3.63) is 59.9 Å². The SMILES string of the molecule is CC(C)(C)c1ccccc1OCC(=O)NNC(=O)c1ccccn1. The lowest BCUT2D eigenvalue weighted by Gasteiger charge is -2.22. The lowest BCUT2D eigenvalue weighted by atomic mass is 9.86. The van der Waals surface area contributed by atoms with Gasteiger partial charge in [0.15, 0.2) is 6.61 Å². The van der Waals surface area contributed by atoms with E-state index in [-0.39, 0.29) is 17.7 Å². The highest BCUT2D eigenvalue weighted by atomic mass is 16.5. The standard InChI is InChI=1S/C18H21N3O3/c1-18(2,3)13-8-4-5-10-15(13)24-12-16(22)20-21-17(23)14-9-6-7-11-19-14/h4-11H,12H2,1-3H3,(H,20,22)(H,21,23). The highest BCUT2D eigenvalue weighted by molar-refractivity contribution is 5.93. The second-order valence-corrected chi connectivity index (χ2v) is 6.25. The van der Waals surface area contributed by atoms with Gasteiger partial charge in [-0.1, -0.05) is 45.0 Å². The zero-order chi connectivity index (χ0) is 17.6. The van der Waals surface area contributed by atoms with Gasteiger partial charge >= 0.3 is 0 Å². The summed E-state index contributed by atoms with van der Waals surface area (Å²) in [6, 6.07) is 12.5. The predicted molar refractivity (Wildman–Crippen MR) is 90.5 cm³/mol. The summed E-state index contributed by atoms with van der Waals surface area (Å²) in [5.74, 6) is -0.293. The molecule has 0 unspecified atom stereocenters. The van der Waals surface area contributed by atoms with Crippen molar-refractivity contribution < 1.29 is 14.3 Å². The Morgan fingerprint density at radius 2 is 1.75 bits per heavy atom. The molecule has 0 aliphatic carbocycles. The molecule has 0 spiro atoms. The van der Waals surface area contributed by atoms with Gasteiger partial charge in [0.1, 0.15) is 11.4 Å². The molecule has 1 aromatic heterocycles. The maximum Gasteiger partial charge on any atom is 0.288 e. The van der Waals surface area contributed by atoms with E-state index < -0.39 is 11.8 Å². The molecule has 24 heavy (non-hydrogen) atoms. The maximum atomic E-state index is 11.8. The van der Waals surface area contributed by atoms with Crippen LogP contribution in [0.4, 0.5) is 0 Å². The van der Waals surface area contributed by atoms with E-state index in [2.05, 4.69) is 36.6 Å². The summed E-state index contributed by atoms with van der Waals surface area (Å²) in [4.78, 5) is 27.5. The molecule has 6 nitrogen and oxygen atoms in total.